The standard InChI is InChI=1S/C20H19N3O3/c21-8-11-1-2-18-16(3-11)17(9-22-18)20(25)26-15-6-13-4-12-5-14(7-15)23(13)10-19(12)24/h1-3,9,12-15,22H,4-7,10H2. The lowest BCUT2D eigenvalue weighted by atomic mass is 9.72. The molecule has 4 aliphatic heterocycles. The molecule has 4 saturated heterocycles. The molecule has 0 saturated carbocycles. The van der Waals surface area contributed by atoms with E-state index in [2.05, 4.69) is 16.0 Å². The Morgan fingerprint density at radius 3 is 2.69 bits per heavy atom. The number of nitrogens with one attached hydrogen (secondary N) is 1. The van der Waals surface area contributed by atoms with Gasteiger partial charge in [0, 0.05) is 47.9 Å². The Morgan fingerprint density at radius 1 is 1.23 bits per heavy atom. The van der Waals surface area contributed by atoms with Crippen molar-refractivity contribution in [2.24, 2.45) is 5.92 Å². The molecule has 0 aliphatic carbocycles. The Hall–Kier alpha value is -2.65. The van der Waals surface area contributed by atoms with Crippen LogP contribution in [0.4, 0.5) is 0 Å². The summed E-state index contributed by atoms with van der Waals surface area (Å²) < 4.78 is 5.83. The second-order valence-corrected chi connectivity index (χ2v) is 7.69. The number of carbonyl (C=O) groups excluding carboxylic acids is 2. The van der Waals surface area contributed by atoms with Crippen LogP contribution in [0.3, 0.4) is 0 Å². The van der Waals surface area contributed by atoms with Gasteiger partial charge in [0.1, 0.15) is 11.9 Å². The molecule has 6 rings (SSSR count). The number of esters is 1. The van der Waals surface area contributed by atoms with Crippen molar-refractivity contribution in [3.8, 4) is 6.07 Å². The summed E-state index contributed by atoms with van der Waals surface area (Å²) in [6.07, 6.45) is 4.97. The minimum Gasteiger partial charge on any atom is -0.459 e. The number of benzene rings is 1. The number of nitriles is 1. The van der Waals surface area contributed by atoms with E-state index in [4.69, 9.17) is 10.00 Å². The fourth-order valence-electron chi connectivity index (χ4n) is 4.99. The first-order chi connectivity index (χ1) is 12.6. The fourth-order valence-corrected chi connectivity index (χ4v) is 4.99. The maximum Gasteiger partial charge on any atom is 0.340 e. The van der Waals surface area contributed by atoms with Gasteiger partial charge in [0.05, 0.1) is 23.7 Å². The highest BCUT2D eigenvalue weighted by Crippen LogP contribution is 2.42. The molecule has 2 aromatic rings. The Labute approximate surface area is 150 Å². The van der Waals surface area contributed by atoms with Crippen LogP contribution in [0, 0.1) is 17.2 Å². The number of fused-ring (bicyclic) bond motifs is 2. The zero-order valence-electron chi connectivity index (χ0n) is 14.3. The molecule has 6 heteroatoms. The van der Waals surface area contributed by atoms with Crippen molar-refractivity contribution in [1.29, 1.82) is 5.26 Å². The molecule has 1 aromatic carbocycles. The zero-order chi connectivity index (χ0) is 17.8. The van der Waals surface area contributed by atoms with Crippen LogP contribution in [0.2, 0.25) is 0 Å². The molecule has 2 atom stereocenters. The third-order valence-electron chi connectivity index (χ3n) is 6.22. The molecule has 4 aliphatic rings. The molecule has 1 aromatic heterocycles. The van der Waals surface area contributed by atoms with E-state index in [0.717, 1.165) is 36.6 Å². The first-order valence-electron chi connectivity index (χ1n) is 9.13. The lowest BCUT2D eigenvalue weighted by Crippen LogP contribution is -2.63. The van der Waals surface area contributed by atoms with Gasteiger partial charge < -0.3 is 9.72 Å². The predicted molar refractivity (Wildman–Crippen MR) is 93.5 cm³/mol. The van der Waals surface area contributed by atoms with Gasteiger partial charge in [0.2, 0.25) is 0 Å². The summed E-state index contributed by atoms with van der Waals surface area (Å²) in [6.45, 7) is 0.569. The quantitative estimate of drug-likeness (QED) is 0.842. The maximum atomic E-state index is 12.7. The van der Waals surface area contributed by atoms with Crippen molar-refractivity contribution in [3.05, 3.63) is 35.5 Å². The number of piperidine rings is 4. The van der Waals surface area contributed by atoms with Crippen LogP contribution >= 0.6 is 0 Å². The monoisotopic (exact) mass is 349 g/mol. The Kier molecular flexibility index (Phi) is 3.41. The normalized spacial score (nSPS) is 32.4. The number of nitrogens with zero attached hydrogens (tertiary/aromatic N) is 2. The summed E-state index contributed by atoms with van der Waals surface area (Å²) in [5, 5.41) is 9.80. The van der Waals surface area contributed by atoms with Crippen LogP contribution in [0.5, 0.6) is 0 Å². The molecule has 5 heterocycles. The number of H-pyrrole nitrogens is 1. The zero-order valence-corrected chi connectivity index (χ0v) is 14.3. The van der Waals surface area contributed by atoms with Gasteiger partial charge >= 0.3 is 5.97 Å². The van der Waals surface area contributed by atoms with Crippen LogP contribution in [0.15, 0.2) is 24.4 Å². The van der Waals surface area contributed by atoms with E-state index in [1.54, 1.807) is 24.4 Å². The minimum absolute atomic E-state index is 0.105. The molecule has 4 bridgehead atoms. The first kappa shape index (κ1) is 15.6. The molecule has 1 N–H and O–H groups in total. The highest BCUT2D eigenvalue weighted by atomic mass is 16.5. The molecule has 26 heavy (non-hydrogen) atoms. The van der Waals surface area contributed by atoms with E-state index in [9.17, 15) is 9.59 Å². The SMILES string of the molecule is N#Cc1ccc2[nH]cc(C(=O)OC3CC4CC5CC(C3)N4CC5=O)c2c1. The number of carbonyl (C=O) groups is 2. The number of rotatable bonds is 2. The Morgan fingerprint density at radius 2 is 2.00 bits per heavy atom. The van der Waals surface area contributed by atoms with Crippen molar-refractivity contribution < 1.29 is 14.3 Å². The highest BCUT2D eigenvalue weighted by Gasteiger charge is 2.49. The van der Waals surface area contributed by atoms with Crippen molar-refractivity contribution in [2.75, 3.05) is 6.54 Å². The summed E-state index contributed by atoms with van der Waals surface area (Å²) in [6, 6.07) is 8.06. The fraction of sp³-hybridized carbons (Fsp3) is 0.450. The van der Waals surface area contributed by atoms with Crippen LogP contribution in [0.25, 0.3) is 10.9 Å². The number of hydrogen-bond acceptors (Lipinski definition) is 5. The van der Waals surface area contributed by atoms with Crippen LogP contribution in [-0.4, -0.2) is 46.4 Å². The average molecular weight is 349 g/mol. The number of Topliss-reactive ketones (excluding diaryl/α,β-unsaturated/α-hetero) is 1. The average Bonchev–Trinajstić information content (AvgIpc) is 3.04. The van der Waals surface area contributed by atoms with Crippen LogP contribution in [0.1, 0.15) is 41.6 Å². The third-order valence-corrected chi connectivity index (χ3v) is 6.22. The van der Waals surface area contributed by atoms with Gasteiger partial charge in [0.25, 0.3) is 0 Å². The molecular weight excluding hydrogens is 330 g/mol. The third kappa shape index (κ3) is 2.35. The van der Waals surface area contributed by atoms with Crippen molar-refractivity contribution >= 4 is 22.7 Å². The minimum atomic E-state index is -0.340. The summed E-state index contributed by atoms with van der Waals surface area (Å²) >= 11 is 0. The second-order valence-electron chi connectivity index (χ2n) is 7.69. The summed E-state index contributed by atoms with van der Waals surface area (Å²) in [5.74, 6) is 0.247. The molecule has 6 nitrogen and oxygen atoms in total. The number of ketones is 1. The smallest absolute Gasteiger partial charge is 0.340 e. The van der Waals surface area contributed by atoms with E-state index in [1.807, 2.05) is 0 Å². The molecule has 4 fully saturated rings. The molecular formula is C20H19N3O3. The number of aromatic amines is 1. The molecule has 132 valence electrons. The van der Waals surface area contributed by atoms with E-state index in [0.29, 0.717) is 35.5 Å². The van der Waals surface area contributed by atoms with E-state index >= 15 is 0 Å². The van der Waals surface area contributed by atoms with E-state index < -0.39 is 0 Å². The number of aromatic nitrogens is 1. The summed E-state index contributed by atoms with van der Waals surface area (Å²) in [5.41, 5.74) is 1.81. The number of hydrogen-bond donors (Lipinski definition) is 1. The first-order valence-corrected chi connectivity index (χ1v) is 9.13. The maximum absolute atomic E-state index is 12.7. The molecule has 0 amide bonds. The van der Waals surface area contributed by atoms with Gasteiger partial charge in [-0.3, -0.25) is 9.69 Å². The van der Waals surface area contributed by atoms with Gasteiger partial charge in [-0.1, -0.05) is 0 Å². The van der Waals surface area contributed by atoms with Gasteiger partial charge in [-0.15, -0.1) is 0 Å². The van der Waals surface area contributed by atoms with Crippen LogP contribution < -0.4 is 0 Å². The van der Waals surface area contributed by atoms with Crippen LogP contribution in [-0.2, 0) is 9.53 Å². The largest absolute Gasteiger partial charge is 0.459 e. The van der Waals surface area contributed by atoms with Crippen molar-refractivity contribution in [1.82, 2.24) is 9.88 Å². The van der Waals surface area contributed by atoms with Gasteiger partial charge in [-0.05, 0) is 31.0 Å². The van der Waals surface area contributed by atoms with Crippen molar-refractivity contribution in [3.63, 3.8) is 0 Å². The second kappa shape index (κ2) is 5.68. The van der Waals surface area contributed by atoms with Gasteiger partial charge in [-0.2, -0.15) is 5.26 Å². The lowest BCUT2D eigenvalue weighted by molar-refractivity contribution is -0.145. The molecule has 0 spiro atoms. The van der Waals surface area contributed by atoms with Crippen molar-refractivity contribution in [2.45, 2.75) is 43.9 Å². The number of ether oxygens (including phenoxy) is 1. The van der Waals surface area contributed by atoms with E-state index in [-0.39, 0.29) is 18.0 Å². The lowest BCUT2D eigenvalue weighted by Gasteiger charge is -2.54. The predicted octanol–water partition coefficient (Wildman–Crippen LogP) is 2.39. The molecule has 0 radical (unpaired) electrons. The Bertz CT molecular complexity index is 941. The summed E-state index contributed by atoms with van der Waals surface area (Å²) in [4.78, 5) is 30.0. The topological polar surface area (TPSA) is 86.2 Å². The highest BCUT2D eigenvalue weighted by molar-refractivity contribution is 6.04. The van der Waals surface area contributed by atoms with Gasteiger partial charge in [-0.25, -0.2) is 4.79 Å². The molecule has 2 unspecified atom stereocenters. The van der Waals surface area contributed by atoms with Gasteiger partial charge in [0.15, 0.2) is 0 Å². The van der Waals surface area contributed by atoms with E-state index in [1.165, 1.54) is 0 Å². The Balaban J connectivity index is 1.34. The summed E-state index contributed by atoms with van der Waals surface area (Å²) in [7, 11) is 0.